The molecule has 0 radical (unpaired) electrons. The van der Waals surface area contributed by atoms with Crippen molar-refractivity contribution in [2.75, 3.05) is 14.2 Å². The van der Waals surface area contributed by atoms with E-state index in [0.717, 1.165) is 5.56 Å². The molecule has 1 aromatic rings. The van der Waals surface area contributed by atoms with Gasteiger partial charge in [0.1, 0.15) is 0 Å². The highest BCUT2D eigenvalue weighted by molar-refractivity contribution is 7.80. The Bertz CT molecular complexity index is 382. The molecule has 5 heteroatoms. The fourth-order valence-corrected chi connectivity index (χ4v) is 1.71. The second-order valence-electron chi connectivity index (χ2n) is 2.92. The highest BCUT2D eigenvalue weighted by Gasteiger charge is 2.13. The summed E-state index contributed by atoms with van der Waals surface area (Å²) in [6.07, 6.45) is 0.453. The maximum Gasteiger partial charge on any atom is 0.179 e. The fraction of sp³-hybridized carbons (Fsp3) is 0.300. The van der Waals surface area contributed by atoms with Crippen molar-refractivity contribution in [3.05, 3.63) is 22.7 Å². The first-order valence-electron chi connectivity index (χ1n) is 4.27. The van der Waals surface area contributed by atoms with Crippen LogP contribution in [0.2, 0.25) is 5.02 Å². The Morgan fingerprint density at radius 2 is 2.07 bits per heavy atom. The number of rotatable bonds is 4. The van der Waals surface area contributed by atoms with E-state index in [4.69, 9.17) is 39.0 Å². The number of hydrogen-bond donors (Lipinski definition) is 1. The molecule has 0 aliphatic carbocycles. The van der Waals surface area contributed by atoms with E-state index in [1.807, 2.05) is 6.07 Å². The Kier molecular flexibility index (Phi) is 4.17. The first-order valence-corrected chi connectivity index (χ1v) is 5.06. The van der Waals surface area contributed by atoms with Crippen LogP contribution < -0.4 is 15.2 Å². The van der Waals surface area contributed by atoms with Gasteiger partial charge in [-0.25, -0.2) is 0 Å². The van der Waals surface area contributed by atoms with Gasteiger partial charge in [0.05, 0.1) is 24.2 Å². The van der Waals surface area contributed by atoms with Gasteiger partial charge in [0.15, 0.2) is 11.5 Å². The summed E-state index contributed by atoms with van der Waals surface area (Å²) in [6.45, 7) is 0. The quantitative estimate of drug-likeness (QED) is 0.826. The normalized spacial score (nSPS) is 9.80. The summed E-state index contributed by atoms with van der Waals surface area (Å²) in [4.78, 5) is 0.393. The number of nitrogens with two attached hydrogens (primary N) is 1. The number of benzene rings is 1. The average molecular weight is 246 g/mol. The van der Waals surface area contributed by atoms with Gasteiger partial charge in [-0.05, 0) is 11.6 Å². The molecule has 0 bridgehead atoms. The lowest BCUT2D eigenvalue weighted by atomic mass is 10.1. The average Bonchev–Trinajstić information content (AvgIpc) is 2.20. The minimum atomic E-state index is 0.393. The Morgan fingerprint density at radius 1 is 1.40 bits per heavy atom. The molecule has 82 valence electrons. The zero-order chi connectivity index (χ0) is 11.4. The Morgan fingerprint density at radius 3 is 2.53 bits per heavy atom. The molecular weight excluding hydrogens is 234 g/mol. The van der Waals surface area contributed by atoms with Crippen molar-refractivity contribution in [2.45, 2.75) is 6.42 Å². The summed E-state index contributed by atoms with van der Waals surface area (Å²) in [7, 11) is 3.09. The van der Waals surface area contributed by atoms with Crippen LogP contribution >= 0.6 is 23.8 Å². The lowest BCUT2D eigenvalue weighted by Crippen LogP contribution is -2.11. The minimum Gasteiger partial charge on any atom is -0.493 e. The van der Waals surface area contributed by atoms with Crippen molar-refractivity contribution in [3.63, 3.8) is 0 Å². The predicted molar refractivity (Wildman–Crippen MR) is 65.0 cm³/mol. The van der Waals surface area contributed by atoms with Gasteiger partial charge >= 0.3 is 0 Å². The number of halogens is 1. The SMILES string of the molecule is COc1ccc(CC(N)=S)c(Cl)c1OC. The molecule has 2 N–H and O–H groups in total. The van der Waals surface area contributed by atoms with Gasteiger partial charge < -0.3 is 15.2 Å². The van der Waals surface area contributed by atoms with Crippen molar-refractivity contribution >= 4 is 28.8 Å². The maximum atomic E-state index is 6.12. The third-order valence-corrected chi connectivity index (χ3v) is 2.49. The van der Waals surface area contributed by atoms with Crippen LogP contribution in [0.25, 0.3) is 0 Å². The highest BCUT2D eigenvalue weighted by Crippen LogP contribution is 2.37. The molecule has 0 aliphatic rings. The van der Waals surface area contributed by atoms with Crippen LogP contribution in [0.3, 0.4) is 0 Å². The Labute approximate surface area is 99.1 Å². The predicted octanol–water partition coefficient (Wildman–Crippen LogP) is 2.19. The van der Waals surface area contributed by atoms with Gasteiger partial charge in [-0.1, -0.05) is 29.9 Å². The smallest absolute Gasteiger partial charge is 0.179 e. The summed E-state index contributed by atoms with van der Waals surface area (Å²) in [5, 5.41) is 0.490. The molecule has 0 saturated heterocycles. The Hall–Kier alpha value is -1.00. The fourth-order valence-electron chi connectivity index (χ4n) is 1.25. The monoisotopic (exact) mass is 245 g/mol. The molecule has 1 rings (SSSR count). The van der Waals surface area contributed by atoms with E-state index in [1.165, 1.54) is 7.11 Å². The lowest BCUT2D eigenvalue weighted by Gasteiger charge is -2.12. The molecule has 0 heterocycles. The minimum absolute atomic E-state index is 0.393. The zero-order valence-corrected chi connectivity index (χ0v) is 10.1. The molecule has 0 aromatic heterocycles. The molecule has 0 amide bonds. The molecule has 15 heavy (non-hydrogen) atoms. The molecule has 0 saturated carbocycles. The van der Waals surface area contributed by atoms with Crippen LogP contribution in [0.4, 0.5) is 0 Å². The van der Waals surface area contributed by atoms with Gasteiger partial charge in [-0.2, -0.15) is 0 Å². The van der Waals surface area contributed by atoms with E-state index in [2.05, 4.69) is 0 Å². The first kappa shape index (κ1) is 12.1. The van der Waals surface area contributed by atoms with Crippen molar-refractivity contribution in [1.82, 2.24) is 0 Å². The van der Waals surface area contributed by atoms with Gasteiger partial charge in [-0.15, -0.1) is 0 Å². The molecular formula is C10H12ClNO2S. The molecule has 3 nitrogen and oxygen atoms in total. The van der Waals surface area contributed by atoms with E-state index in [1.54, 1.807) is 13.2 Å². The molecule has 0 atom stereocenters. The van der Waals surface area contributed by atoms with Crippen molar-refractivity contribution < 1.29 is 9.47 Å². The number of thiocarbonyl (C=S) groups is 1. The summed E-state index contributed by atoms with van der Waals surface area (Å²) >= 11 is 10.9. The van der Waals surface area contributed by atoms with E-state index < -0.39 is 0 Å². The van der Waals surface area contributed by atoms with Crippen LogP contribution in [0.15, 0.2) is 12.1 Å². The zero-order valence-electron chi connectivity index (χ0n) is 8.54. The second-order valence-corrected chi connectivity index (χ2v) is 3.82. The highest BCUT2D eigenvalue weighted by atomic mass is 35.5. The summed E-state index contributed by atoms with van der Waals surface area (Å²) in [5.41, 5.74) is 6.29. The molecule has 0 aliphatic heterocycles. The van der Waals surface area contributed by atoms with Crippen molar-refractivity contribution in [3.8, 4) is 11.5 Å². The van der Waals surface area contributed by atoms with Gasteiger partial charge in [0.2, 0.25) is 0 Å². The molecule has 0 fully saturated rings. The summed E-state index contributed by atoms with van der Waals surface area (Å²) < 4.78 is 10.3. The third-order valence-electron chi connectivity index (χ3n) is 1.93. The van der Waals surface area contributed by atoms with Crippen molar-refractivity contribution in [2.24, 2.45) is 5.73 Å². The molecule has 0 spiro atoms. The third kappa shape index (κ3) is 2.73. The topological polar surface area (TPSA) is 44.5 Å². The number of ether oxygens (including phenoxy) is 2. The summed E-state index contributed by atoms with van der Waals surface area (Å²) in [6, 6.07) is 3.60. The van der Waals surface area contributed by atoms with E-state index >= 15 is 0 Å². The van der Waals surface area contributed by atoms with E-state index in [9.17, 15) is 0 Å². The second kappa shape index (κ2) is 5.19. The Balaban J connectivity index is 3.16. The first-order chi connectivity index (χ1) is 7.10. The summed E-state index contributed by atoms with van der Waals surface area (Å²) in [5.74, 6) is 1.10. The number of methoxy groups -OCH3 is 2. The largest absolute Gasteiger partial charge is 0.493 e. The van der Waals surface area contributed by atoms with Gasteiger partial charge in [0, 0.05) is 6.42 Å². The van der Waals surface area contributed by atoms with Crippen LogP contribution in [-0.2, 0) is 6.42 Å². The lowest BCUT2D eigenvalue weighted by molar-refractivity contribution is 0.355. The van der Waals surface area contributed by atoms with Crippen LogP contribution in [0.1, 0.15) is 5.56 Å². The van der Waals surface area contributed by atoms with Crippen molar-refractivity contribution in [1.29, 1.82) is 0 Å². The van der Waals surface area contributed by atoms with Crippen LogP contribution in [0, 0.1) is 0 Å². The van der Waals surface area contributed by atoms with Gasteiger partial charge in [-0.3, -0.25) is 0 Å². The number of hydrogen-bond acceptors (Lipinski definition) is 3. The standard InChI is InChI=1S/C10H12ClNO2S/c1-13-7-4-3-6(5-8(12)15)9(11)10(7)14-2/h3-4H,5H2,1-2H3,(H2,12,15). The van der Waals surface area contributed by atoms with Gasteiger partial charge in [0.25, 0.3) is 0 Å². The maximum absolute atomic E-state index is 6.12. The van der Waals surface area contributed by atoms with E-state index in [-0.39, 0.29) is 0 Å². The van der Waals surface area contributed by atoms with E-state index in [0.29, 0.717) is 27.9 Å². The molecule has 0 unspecified atom stereocenters. The van der Waals surface area contributed by atoms with Crippen LogP contribution in [-0.4, -0.2) is 19.2 Å². The molecule has 1 aromatic carbocycles. The van der Waals surface area contributed by atoms with Crippen LogP contribution in [0.5, 0.6) is 11.5 Å².